The Labute approximate surface area is 142 Å². The van der Waals surface area contributed by atoms with E-state index in [9.17, 15) is 9.59 Å². The van der Waals surface area contributed by atoms with Crippen molar-refractivity contribution in [1.29, 1.82) is 0 Å². The summed E-state index contributed by atoms with van der Waals surface area (Å²) in [7, 11) is 0. The lowest BCUT2D eigenvalue weighted by Crippen LogP contribution is -2.38. The average molecular weight is 328 g/mol. The van der Waals surface area contributed by atoms with E-state index in [2.05, 4.69) is 19.2 Å². The van der Waals surface area contributed by atoms with Gasteiger partial charge in [0, 0.05) is 30.9 Å². The molecule has 0 aromatic rings. The highest BCUT2D eigenvalue weighted by molar-refractivity contribution is 5.81. The summed E-state index contributed by atoms with van der Waals surface area (Å²) in [5.74, 6) is 0.514. The van der Waals surface area contributed by atoms with Gasteiger partial charge in [-0.2, -0.15) is 0 Å². The van der Waals surface area contributed by atoms with Gasteiger partial charge in [-0.25, -0.2) is 0 Å². The fraction of sp³-hybridized carbons (Fsp3) is 0.895. The van der Waals surface area contributed by atoms with Gasteiger partial charge in [0.25, 0.3) is 0 Å². The molecule has 136 valence electrons. The molecule has 0 rings (SSSR count). The van der Waals surface area contributed by atoms with Crippen molar-refractivity contribution in [2.24, 2.45) is 11.3 Å². The molecule has 4 heteroatoms. The first kappa shape index (κ1) is 22.1. The zero-order chi connectivity index (χ0) is 18.1. The van der Waals surface area contributed by atoms with Crippen LogP contribution in [-0.2, 0) is 14.3 Å². The SMILES string of the molecule is CCNC(=O)C(C)(C)CCOC(C)(CC)CCC(=O)C(C)CC. The van der Waals surface area contributed by atoms with E-state index in [-0.39, 0.29) is 17.4 Å². The van der Waals surface area contributed by atoms with Crippen molar-refractivity contribution in [1.82, 2.24) is 5.32 Å². The molecule has 0 saturated carbocycles. The number of ether oxygens (including phenoxy) is 1. The van der Waals surface area contributed by atoms with Crippen LogP contribution in [0, 0.1) is 11.3 Å². The Morgan fingerprint density at radius 2 is 1.70 bits per heavy atom. The van der Waals surface area contributed by atoms with Gasteiger partial charge in [-0.3, -0.25) is 9.59 Å². The minimum atomic E-state index is -0.433. The summed E-state index contributed by atoms with van der Waals surface area (Å²) < 4.78 is 6.07. The van der Waals surface area contributed by atoms with Gasteiger partial charge in [-0.1, -0.05) is 34.6 Å². The van der Waals surface area contributed by atoms with E-state index < -0.39 is 5.41 Å². The van der Waals surface area contributed by atoms with Gasteiger partial charge in [-0.05, 0) is 39.5 Å². The maximum Gasteiger partial charge on any atom is 0.225 e. The lowest BCUT2D eigenvalue weighted by Gasteiger charge is -2.31. The summed E-state index contributed by atoms with van der Waals surface area (Å²) in [6, 6.07) is 0. The molecular weight excluding hydrogens is 290 g/mol. The van der Waals surface area contributed by atoms with Gasteiger partial charge in [0.05, 0.1) is 5.60 Å². The molecule has 0 bridgehead atoms. The monoisotopic (exact) mass is 327 g/mol. The molecule has 1 N–H and O–H groups in total. The highest BCUT2D eigenvalue weighted by atomic mass is 16.5. The van der Waals surface area contributed by atoms with Crippen molar-refractivity contribution in [2.75, 3.05) is 13.2 Å². The molecule has 2 unspecified atom stereocenters. The second-order valence-electron chi connectivity index (χ2n) is 7.42. The first-order chi connectivity index (χ1) is 10.6. The topological polar surface area (TPSA) is 55.4 Å². The van der Waals surface area contributed by atoms with Crippen LogP contribution in [0.2, 0.25) is 0 Å². The molecule has 0 heterocycles. The Hall–Kier alpha value is -0.900. The van der Waals surface area contributed by atoms with Crippen molar-refractivity contribution >= 4 is 11.7 Å². The number of Topliss-reactive ketones (excluding diaryl/α,β-unsaturated/α-hetero) is 1. The number of hydrogen-bond donors (Lipinski definition) is 1. The Bertz CT molecular complexity index is 379. The van der Waals surface area contributed by atoms with E-state index >= 15 is 0 Å². The number of ketones is 1. The lowest BCUT2D eigenvalue weighted by molar-refractivity contribution is -0.131. The van der Waals surface area contributed by atoms with E-state index in [1.807, 2.05) is 34.6 Å². The standard InChI is InChI=1S/C19H37NO3/c1-8-15(4)16(21)11-12-19(7,9-2)23-14-13-18(5,6)17(22)20-10-3/h15H,8-14H2,1-7H3,(H,20,22). The molecule has 0 spiro atoms. The van der Waals surface area contributed by atoms with Crippen LogP contribution < -0.4 is 5.32 Å². The first-order valence-corrected chi connectivity index (χ1v) is 9.06. The molecular formula is C19H37NO3. The number of carbonyl (C=O) groups excluding carboxylic acids is 2. The molecule has 0 fully saturated rings. The molecule has 0 aromatic carbocycles. The summed E-state index contributed by atoms with van der Waals surface area (Å²) in [4.78, 5) is 24.0. The van der Waals surface area contributed by atoms with Gasteiger partial charge in [0.1, 0.15) is 5.78 Å². The van der Waals surface area contributed by atoms with E-state index in [1.165, 1.54) is 0 Å². The zero-order valence-electron chi connectivity index (χ0n) is 16.3. The number of nitrogens with one attached hydrogen (secondary N) is 1. The second kappa shape index (κ2) is 10.1. The number of hydrogen-bond acceptors (Lipinski definition) is 3. The molecule has 0 aliphatic carbocycles. The van der Waals surface area contributed by atoms with Crippen LogP contribution in [0.15, 0.2) is 0 Å². The van der Waals surface area contributed by atoms with E-state index in [0.717, 1.165) is 19.3 Å². The summed E-state index contributed by atoms with van der Waals surface area (Å²) in [6.07, 6.45) is 3.74. The van der Waals surface area contributed by atoms with Crippen LogP contribution in [0.5, 0.6) is 0 Å². The third-order valence-corrected chi connectivity index (χ3v) is 4.94. The Kier molecular flexibility index (Phi) is 9.67. The molecule has 4 nitrogen and oxygen atoms in total. The Balaban J connectivity index is 4.41. The van der Waals surface area contributed by atoms with E-state index in [4.69, 9.17) is 4.74 Å². The molecule has 23 heavy (non-hydrogen) atoms. The molecule has 0 aliphatic rings. The fourth-order valence-electron chi connectivity index (χ4n) is 2.28. The molecule has 1 amide bonds. The number of carbonyl (C=O) groups is 2. The highest BCUT2D eigenvalue weighted by Crippen LogP contribution is 2.26. The third-order valence-electron chi connectivity index (χ3n) is 4.94. The summed E-state index contributed by atoms with van der Waals surface area (Å²) in [5.41, 5.74) is -0.725. The molecule has 0 saturated heterocycles. The van der Waals surface area contributed by atoms with Gasteiger partial charge in [-0.15, -0.1) is 0 Å². The maximum absolute atomic E-state index is 12.0. The highest BCUT2D eigenvalue weighted by Gasteiger charge is 2.29. The van der Waals surface area contributed by atoms with Gasteiger partial charge < -0.3 is 10.1 Å². The van der Waals surface area contributed by atoms with Crippen LogP contribution in [0.3, 0.4) is 0 Å². The Morgan fingerprint density at radius 1 is 1.09 bits per heavy atom. The van der Waals surface area contributed by atoms with Crippen molar-refractivity contribution < 1.29 is 14.3 Å². The van der Waals surface area contributed by atoms with Crippen molar-refractivity contribution in [3.63, 3.8) is 0 Å². The minimum Gasteiger partial charge on any atom is -0.375 e. The van der Waals surface area contributed by atoms with Crippen LogP contribution >= 0.6 is 0 Å². The third kappa shape index (κ3) is 7.96. The second-order valence-corrected chi connectivity index (χ2v) is 7.42. The van der Waals surface area contributed by atoms with Gasteiger partial charge >= 0.3 is 0 Å². The maximum atomic E-state index is 12.0. The van der Waals surface area contributed by atoms with Gasteiger partial charge in [0.2, 0.25) is 5.91 Å². The zero-order valence-corrected chi connectivity index (χ0v) is 16.3. The minimum absolute atomic E-state index is 0.0637. The molecule has 0 aliphatic heterocycles. The van der Waals surface area contributed by atoms with E-state index in [0.29, 0.717) is 31.8 Å². The van der Waals surface area contributed by atoms with Crippen LogP contribution in [0.25, 0.3) is 0 Å². The van der Waals surface area contributed by atoms with Crippen molar-refractivity contribution in [2.45, 2.75) is 86.2 Å². The predicted molar refractivity (Wildman–Crippen MR) is 95.4 cm³/mol. The largest absolute Gasteiger partial charge is 0.375 e. The summed E-state index contributed by atoms with van der Waals surface area (Å²) in [6.45, 7) is 15.2. The fourth-order valence-corrected chi connectivity index (χ4v) is 2.28. The van der Waals surface area contributed by atoms with E-state index in [1.54, 1.807) is 0 Å². The smallest absolute Gasteiger partial charge is 0.225 e. The van der Waals surface area contributed by atoms with Crippen LogP contribution in [-0.4, -0.2) is 30.4 Å². The number of rotatable bonds is 12. The summed E-state index contributed by atoms with van der Waals surface area (Å²) >= 11 is 0. The molecule has 0 aromatic heterocycles. The van der Waals surface area contributed by atoms with Gasteiger partial charge in [0.15, 0.2) is 0 Å². The van der Waals surface area contributed by atoms with Crippen LogP contribution in [0.4, 0.5) is 0 Å². The first-order valence-electron chi connectivity index (χ1n) is 9.06. The number of amides is 1. The van der Waals surface area contributed by atoms with Crippen molar-refractivity contribution in [3.8, 4) is 0 Å². The predicted octanol–water partition coefficient (Wildman–Crippen LogP) is 4.12. The lowest BCUT2D eigenvalue weighted by atomic mass is 9.88. The summed E-state index contributed by atoms with van der Waals surface area (Å²) in [5, 5.41) is 2.87. The normalized spacial score (nSPS) is 15.8. The average Bonchev–Trinajstić information content (AvgIpc) is 2.51. The molecule has 2 atom stereocenters. The Morgan fingerprint density at radius 3 is 2.17 bits per heavy atom. The van der Waals surface area contributed by atoms with Crippen LogP contribution in [0.1, 0.15) is 80.6 Å². The molecule has 0 radical (unpaired) electrons. The quantitative estimate of drug-likeness (QED) is 0.586. The van der Waals surface area contributed by atoms with Crippen molar-refractivity contribution in [3.05, 3.63) is 0 Å².